The number of benzene rings is 1. The molecular formula is C12H13N3O. The number of aromatic nitrogens is 2. The zero-order valence-electron chi connectivity index (χ0n) is 8.84. The first-order valence-electron chi connectivity index (χ1n) is 5.12. The third kappa shape index (κ3) is 2.48. The van der Waals surface area contributed by atoms with E-state index in [1.54, 1.807) is 0 Å². The number of rotatable bonds is 3. The van der Waals surface area contributed by atoms with Crippen LogP contribution in [0.3, 0.4) is 0 Å². The fraction of sp³-hybridized carbons (Fsp3) is 0.167. The third-order valence-electron chi connectivity index (χ3n) is 2.35. The van der Waals surface area contributed by atoms with Crippen LogP contribution in [0.25, 0.3) is 0 Å². The van der Waals surface area contributed by atoms with Crippen molar-refractivity contribution >= 4 is 5.69 Å². The van der Waals surface area contributed by atoms with E-state index >= 15 is 0 Å². The number of nitrogens with two attached hydrogens (primary N) is 1. The summed E-state index contributed by atoms with van der Waals surface area (Å²) in [5.74, 6) is 0. The summed E-state index contributed by atoms with van der Waals surface area (Å²) in [6.45, 7) is 0.573. The van der Waals surface area contributed by atoms with Gasteiger partial charge in [-0.3, -0.25) is 4.79 Å². The highest BCUT2D eigenvalue weighted by atomic mass is 16.1. The molecule has 0 aliphatic rings. The maximum Gasteiger partial charge on any atom is 0.268 e. The zero-order valence-corrected chi connectivity index (χ0v) is 8.84. The molecule has 1 aromatic carbocycles. The molecule has 0 saturated heterocycles. The SMILES string of the molecule is Nc1cnn(CCc2ccccc2)c(=O)c1. The molecule has 0 radical (unpaired) electrons. The number of nitrogen functional groups attached to an aromatic ring is 1. The van der Waals surface area contributed by atoms with Crippen LogP contribution in [-0.4, -0.2) is 9.78 Å². The summed E-state index contributed by atoms with van der Waals surface area (Å²) < 4.78 is 1.42. The summed E-state index contributed by atoms with van der Waals surface area (Å²) in [5, 5.41) is 3.97. The lowest BCUT2D eigenvalue weighted by Crippen LogP contribution is -2.23. The lowest BCUT2D eigenvalue weighted by atomic mass is 10.1. The Morgan fingerprint density at radius 1 is 1.25 bits per heavy atom. The van der Waals surface area contributed by atoms with Gasteiger partial charge in [-0.15, -0.1) is 0 Å². The first kappa shape index (κ1) is 10.4. The van der Waals surface area contributed by atoms with E-state index in [2.05, 4.69) is 5.10 Å². The van der Waals surface area contributed by atoms with Gasteiger partial charge in [0.1, 0.15) is 0 Å². The molecule has 2 rings (SSSR count). The lowest BCUT2D eigenvalue weighted by molar-refractivity contribution is 0.579. The van der Waals surface area contributed by atoms with E-state index in [4.69, 9.17) is 5.73 Å². The van der Waals surface area contributed by atoms with Gasteiger partial charge >= 0.3 is 0 Å². The van der Waals surface area contributed by atoms with Crippen LogP contribution < -0.4 is 11.3 Å². The van der Waals surface area contributed by atoms with Crippen molar-refractivity contribution in [2.45, 2.75) is 13.0 Å². The zero-order chi connectivity index (χ0) is 11.4. The molecule has 0 amide bonds. The highest BCUT2D eigenvalue weighted by molar-refractivity contribution is 5.31. The molecule has 0 unspecified atom stereocenters. The van der Waals surface area contributed by atoms with Crippen LogP contribution in [0.4, 0.5) is 5.69 Å². The van der Waals surface area contributed by atoms with Crippen LogP contribution in [0.2, 0.25) is 0 Å². The van der Waals surface area contributed by atoms with Crippen molar-refractivity contribution in [2.75, 3.05) is 5.73 Å². The topological polar surface area (TPSA) is 60.9 Å². The van der Waals surface area contributed by atoms with Gasteiger partial charge in [-0.25, -0.2) is 4.68 Å². The Kier molecular flexibility index (Phi) is 3.00. The smallest absolute Gasteiger partial charge is 0.268 e. The standard InChI is InChI=1S/C12H13N3O/c13-11-8-12(16)15(14-9-11)7-6-10-4-2-1-3-5-10/h1-5,8-9H,6-7,13H2. The van der Waals surface area contributed by atoms with Gasteiger partial charge in [-0.1, -0.05) is 30.3 Å². The quantitative estimate of drug-likeness (QED) is 0.833. The van der Waals surface area contributed by atoms with Crippen molar-refractivity contribution in [2.24, 2.45) is 0 Å². The van der Waals surface area contributed by atoms with Crippen LogP contribution >= 0.6 is 0 Å². The Labute approximate surface area is 93.3 Å². The van der Waals surface area contributed by atoms with Gasteiger partial charge < -0.3 is 5.73 Å². The largest absolute Gasteiger partial charge is 0.397 e. The molecule has 0 aliphatic carbocycles. The minimum Gasteiger partial charge on any atom is -0.397 e. The average Bonchev–Trinajstić information content (AvgIpc) is 2.29. The molecule has 4 heteroatoms. The van der Waals surface area contributed by atoms with E-state index in [1.165, 1.54) is 22.5 Å². The molecule has 0 bridgehead atoms. The second-order valence-corrected chi connectivity index (χ2v) is 3.59. The number of nitrogens with zero attached hydrogens (tertiary/aromatic N) is 2. The van der Waals surface area contributed by atoms with E-state index in [0.29, 0.717) is 12.2 Å². The second-order valence-electron chi connectivity index (χ2n) is 3.59. The molecule has 0 fully saturated rings. The number of hydrogen-bond donors (Lipinski definition) is 1. The van der Waals surface area contributed by atoms with E-state index < -0.39 is 0 Å². The third-order valence-corrected chi connectivity index (χ3v) is 2.35. The highest BCUT2D eigenvalue weighted by Gasteiger charge is 1.98. The molecular weight excluding hydrogens is 202 g/mol. The summed E-state index contributed by atoms with van der Waals surface area (Å²) in [6, 6.07) is 11.4. The van der Waals surface area contributed by atoms with E-state index in [0.717, 1.165) is 6.42 Å². The fourth-order valence-corrected chi connectivity index (χ4v) is 1.50. The second kappa shape index (κ2) is 4.61. The molecule has 4 nitrogen and oxygen atoms in total. The summed E-state index contributed by atoms with van der Waals surface area (Å²) in [5.41, 5.74) is 6.89. The minimum absolute atomic E-state index is 0.157. The molecule has 1 heterocycles. The molecule has 0 atom stereocenters. The van der Waals surface area contributed by atoms with Crippen LogP contribution in [0.5, 0.6) is 0 Å². The normalized spacial score (nSPS) is 10.2. The molecule has 0 spiro atoms. The van der Waals surface area contributed by atoms with Gasteiger partial charge in [-0.2, -0.15) is 5.10 Å². The predicted octanol–water partition coefficient (Wildman–Crippen LogP) is 1.07. The Morgan fingerprint density at radius 2 is 2.00 bits per heavy atom. The van der Waals surface area contributed by atoms with E-state index in [1.807, 2.05) is 30.3 Å². The molecule has 0 aliphatic heterocycles. The van der Waals surface area contributed by atoms with Gasteiger partial charge in [-0.05, 0) is 12.0 Å². The predicted molar refractivity (Wildman–Crippen MR) is 63.1 cm³/mol. The first-order chi connectivity index (χ1) is 7.75. The molecule has 2 aromatic rings. The maximum absolute atomic E-state index is 11.5. The molecule has 1 aromatic heterocycles. The van der Waals surface area contributed by atoms with E-state index in [9.17, 15) is 4.79 Å². The van der Waals surface area contributed by atoms with Crippen LogP contribution in [0, 0.1) is 0 Å². The Bertz CT molecular complexity index is 519. The summed E-state index contributed by atoms with van der Waals surface area (Å²) in [6.07, 6.45) is 2.28. The van der Waals surface area contributed by atoms with Crippen molar-refractivity contribution in [1.29, 1.82) is 0 Å². The van der Waals surface area contributed by atoms with Crippen molar-refractivity contribution in [3.05, 3.63) is 58.5 Å². The van der Waals surface area contributed by atoms with Crippen LogP contribution in [0.15, 0.2) is 47.4 Å². The van der Waals surface area contributed by atoms with Crippen molar-refractivity contribution in [3.63, 3.8) is 0 Å². The molecule has 16 heavy (non-hydrogen) atoms. The van der Waals surface area contributed by atoms with E-state index in [-0.39, 0.29) is 5.56 Å². The van der Waals surface area contributed by atoms with Crippen molar-refractivity contribution in [1.82, 2.24) is 9.78 Å². The van der Waals surface area contributed by atoms with Crippen LogP contribution in [0.1, 0.15) is 5.56 Å². The number of aryl methyl sites for hydroxylation is 2. The Balaban J connectivity index is 2.08. The summed E-state index contributed by atoms with van der Waals surface area (Å²) in [7, 11) is 0. The van der Waals surface area contributed by atoms with Gasteiger partial charge in [0, 0.05) is 12.6 Å². The Morgan fingerprint density at radius 3 is 2.69 bits per heavy atom. The highest BCUT2D eigenvalue weighted by Crippen LogP contribution is 2.00. The van der Waals surface area contributed by atoms with Gasteiger partial charge in [0.2, 0.25) is 0 Å². The number of hydrogen-bond acceptors (Lipinski definition) is 3. The maximum atomic E-state index is 11.5. The summed E-state index contributed by atoms with van der Waals surface area (Å²) in [4.78, 5) is 11.5. The first-order valence-corrected chi connectivity index (χ1v) is 5.12. The number of anilines is 1. The van der Waals surface area contributed by atoms with Crippen LogP contribution in [-0.2, 0) is 13.0 Å². The monoisotopic (exact) mass is 215 g/mol. The lowest BCUT2D eigenvalue weighted by Gasteiger charge is -2.04. The van der Waals surface area contributed by atoms with Gasteiger partial charge in [0.05, 0.1) is 11.9 Å². The minimum atomic E-state index is -0.157. The summed E-state index contributed by atoms with van der Waals surface area (Å²) >= 11 is 0. The fourth-order valence-electron chi connectivity index (χ4n) is 1.50. The average molecular weight is 215 g/mol. The van der Waals surface area contributed by atoms with Gasteiger partial charge in [0.25, 0.3) is 5.56 Å². The molecule has 82 valence electrons. The van der Waals surface area contributed by atoms with Crippen molar-refractivity contribution in [3.8, 4) is 0 Å². The molecule has 0 saturated carbocycles. The molecule has 2 N–H and O–H groups in total. The Hall–Kier alpha value is -2.10. The van der Waals surface area contributed by atoms with Gasteiger partial charge in [0.15, 0.2) is 0 Å². The van der Waals surface area contributed by atoms with Crippen molar-refractivity contribution < 1.29 is 0 Å².